The molecule has 1 aliphatic rings. The van der Waals surface area contributed by atoms with Crippen molar-refractivity contribution in [3.8, 4) is 0 Å². The van der Waals surface area contributed by atoms with Gasteiger partial charge >= 0.3 is 0 Å². The van der Waals surface area contributed by atoms with Gasteiger partial charge in [0, 0.05) is 20.1 Å². The van der Waals surface area contributed by atoms with E-state index >= 15 is 0 Å². The van der Waals surface area contributed by atoms with E-state index in [0.29, 0.717) is 0 Å². The van der Waals surface area contributed by atoms with Gasteiger partial charge in [-0.3, -0.25) is 13.9 Å². The van der Waals surface area contributed by atoms with Gasteiger partial charge in [0.05, 0.1) is 0 Å². The van der Waals surface area contributed by atoms with Crippen molar-refractivity contribution in [2.75, 3.05) is 0 Å². The Hall–Kier alpha value is -0.420. The Bertz CT molecular complexity index is 373. The van der Waals surface area contributed by atoms with Crippen LogP contribution >= 0.6 is 24.4 Å². The maximum atomic E-state index is 5.24. The standard InChI is InChI=1S/C7H11N3S2.C2H6/c1-8-6(11)9-4-2-3-5-10(9)7(8)12;1-2/h2-5H2,1H3;1-2H3. The lowest BCUT2D eigenvalue weighted by Gasteiger charge is -2.15. The van der Waals surface area contributed by atoms with Crippen LogP contribution in [0.3, 0.4) is 0 Å². The Balaban J connectivity index is 0.000000461. The first-order chi connectivity index (χ1) is 6.72. The number of aromatic nitrogens is 3. The molecule has 14 heavy (non-hydrogen) atoms. The van der Waals surface area contributed by atoms with Crippen LogP contribution in [0.25, 0.3) is 0 Å². The lowest BCUT2D eigenvalue weighted by atomic mass is 10.3. The van der Waals surface area contributed by atoms with Gasteiger partial charge in [0.15, 0.2) is 9.54 Å². The zero-order valence-electron chi connectivity index (χ0n) is 8.99. The van der Waals surface area contributed by atoms with Crippen molar-refractivity contribution in [2.24, 2.45) is 7.05 Å². The second-order valence-electron chi connectivity index (χ2n) is 3.08. The minimum atomic E-state index is 0.847. The fraction of sp³-hybridized carbons (Fsp3) is 0.778. The molecule has 0 radical (unpaired) electrons. The number of hydrogen-bond acceptors (Lipinski definition) is 2. The van der Waals surface area contributed by atoms with Crippen LogP contribution in [0, 0.1) is 9.54 Å². The van der Waals surface area contributed by atoms with Crippen LogP contribution in [0.5, 0.6) is 0 Å². The van der Waals surface area contributed by atoms with Gasteiger partial charge in [-0.05, 0) is 37.3 Å². The van der Waals surface area contributed by atoms with Crippen LogP contribution in [-0.4, -0.2) is 13.9 Å². The van der Waals surface area contributed by atoms with E-state index in [0.717, 1.165) is 22.6 Å². The van der Waals surface area contributed by atoms with Crippen molar-refractivity contribution in [1.82, 2.24) is 13.9 Å². The lowest BCUT2D eigenvalue weighted by Crippen LogP contribution is -2.18. The normalized spacial score (nSPS) is 14.2. The molecule has 0 aromatic carbocycles. The highest BCUT2D eigenvalue weighted by atomic mass is 32.1. The van der Waals surface area contributed by atoms with Crippen molar-refractivity contribution < 1.29 is 0 Å². The van der Waals surface area contributed by atoms with E-state index in [1.165, 1.54) is 12.8 Å². The molecule has 0 spiro atoms. The zero-order chi connectivity index (χ0) is 10.7. The molecule has 0 atom stereocenters. The molecule has 0 fully saturated rings. The quantitative estimate of drug-likeness (QED) is 0.638. The summed E-state index contributed by atoms with van der Waals surface area (Å²) in [7, 11) is 1.93. The highest BCUT2D eigenvalue weighted by molar-refractivity contribution is 7.72. The maximum absolute atomic E-state index is 5.24. The monoisotopic (exact) mass is 231 g/mol. The molecule has 0 unspecified atom stereocenters. The molecule has 1 aromatic heterocycles. The molecule has 80 valence electrons. The van der Waals surface area contributed by atoms with E-state index in [-0.39, 0.29) is 0 Å². The minimum absolute atomic E-state index is 0.847. The average Bonchev–Trinajstić information content (AvgIpc) is 2.48. The van der Waals surface area contributed by atoms with Crippen molar-refractivity contribution in [2.45, 2.75) is 39.8 Å². The summed E-state index contributed by atoms with van der Waals surface area (Å²) in [5, 5.41) is 0. The van der Waals surface area contributed by atoms with Crippen molar-refractivity contribution in [3.05, 3.63) is 9.54 Å². The van der Waals surface area contributed by atoms with Crippen molar-refractivity contribution >= 4 is 24.4 Å². The van der Waals surface area contributed by atoms with Crippen LogP contribution < -0.4 is 0 Å². The predicted molar refractivity (Wildman–Crippen MR) is 63.6 cm³/mol. The molecule has 1 aromatic rings. The van der Waals surface area contributed by atoms with E-state index in [2.05, 4.69) is 9.36 Å². The number of hydrogen-bond donors (Lipinski definition) is 0. The second-order valence-corrected chi connectivity index (χ2v) is 3.81. The fourth-order valence-corrected chi connectivity index (χ4v) is 2.20. The first kappa shape index (κ1) is 11.7. The largest absolute Gasteiger partial charge is 0.296 e. The Morgan fingerprint density at radius 3 is 1.64 bits per heavy atom. The first-order valence-corrected chi connectivity index (χ1v) is 5.90. The second kappa shape index (κ2) is 4.89. The molecule has 5 heteroatoms. The predicted octanol–water partition coefficient (Wildman–Crippen LogP) is 2.91. The molecule has 0 saturated heterocycles. The third-order valence-corrected chi connectivity index (χ3v) is 3.27. The summed E-state index contributed by atoms with van der Waals surface area (Å²) in [5.41, 5.74) is 0. The van der Waals surface area contributed by atoms with Gasteiger partial charge in [-0.25, -0.2) is 0 Å². The first-order valence-electron chi connectivity index (χ1n) is 5.08. The molecular weight excluding hydrogens is 214 g/mol. The van der Waals surface area contributed by atoms with Crippen LogP contribution in [-0.2, 0) is 20.1 Å². The maximum Gasteiger partial charge on any atom is 0.196 e. The highest BCUT2D eigenvalue weighted by Crippen LogP contribution is 2.10. The number of fused-ring (bicyclic) bond motifs is 1. The van der Waals surface area contributed by atoms with Gasteiger partial charge < -0.3 is 0 Å². The summed E-state index contributed by atoms with van der Waals surface area (Å²) < 4.78 is 7.79. The van der Waals surface area contributed by atoms with Crippen LogP contribution in [0.1, 0.15) is 26.7 Å². The molecule has 2 heterocycles. The third-order valence-electron chi connectivity index (χ3n) is 2.30. The van der Waals surface area contributed by atoms with E-state index in [4.69, 9.17) is 24.4 Å². The molecule has 2 rings (SSSR count). The highest BCUT2D eigenvalue weighted by Gasteiger charge is 2.11. The van der Waals surface area contributed by atoms with E-state index in [1.807, 2.05) is 25.5 Å². The Labute approximate surface area is 95.0 Å². The summed E-state index contributed by atoms with van der Waals surface area (Å²) >= 11 is 10.5. The molecule has 0 bridgehead atoms. The van der Waals surface area contributed by atoms with Crippen LogP contribution in [0.4, 0.5) is 0 Å². The zero-order valence-corrected chi connectivity index (χ0v) is 10.6. The third kappa shape index (κ3) is 1.83. The van der Waals surface area contributed by atoms with Gasteiger partial charge in [0.1, 0.15) is 0 Å². The van der Waals surface area contributed by atoms with Crippen molar-refractivity contribution in [3.63, 3.8) is 0 Å². The van der Waals surface area contributed by atoms with Gasteiger partial charge in [-0.1, -0.05) is 13.8 Å². The van der Waals surface area contributed by atoms with E-state index < -0.39 is 0 Å². The van der Waals surface area contributed by atoms with Crippen LogP contribution in [0.2, 0.25) is 0 Å². The van der Waals surface area contributed by atoms with Gasteiger partial charge in [0.25, 0.3) is 0 Å². The smallest absolute Gasteiger partial charge is 0.196 e. The summed E-state index contributed by atoms with van der Waals surface area (Å²) in [6, 6.07) is 0. The Morgan fingerprint density at radius 1 is 0.929 bits per heavy atom. The van der Waals surface area contributed by atoms with Crippen LogP contribution in [0.15, 0.2) is 0 Å². The van der Waals surface area contributed by atoms with E-state index in [9.17, 15) is 0 Å². The topological polar surface area (TPSA) is 14.8 Å². The summed E-state index contributed by atoms with van der Waals surface area (Å²) in [6.45, 7) is 6.03. The van der Waals surface area contributed by atoms with E-state index in [1.54, 1.807) is 0 Å². The fourth-order valence-electron chi connectivity index (χ4n) is 1.59. The molecule has 3 nitrogen and oxygen atoms in total. The minimum Gasteiger partial charge on any atom is -0.296 e. The Kier molecular flexibility index (Phi) is 4.07. The van der Waals surface area contributed by atoms with Crippen molar-refractivity contribution in [1.29, 1.82) is 0 Å². The van der Waals surface area contributed by atoms with Gasteiger partial charge in [0.2, 0.25) is 0 Å². The lowest BCUT2D eigenvalue weighted by molar-refractivity contribution is 0.357. The summed E-state index contributed by atoms with van der Waals surface area (Å²) in [5.74, 6) is 0. The van der Waals surface area contributed by atoms with Gasteiger partial charge in [-0.2, -0.15) is 0 Å². The molecule has 0 amide bonds. The molecule has 0 aliphatic carbocycles. The number of nitrogens with zero attached hydrogens (tertiary/aromatic N) is 3. The SMILES string of the molecule is CC.Cn1c(=S)n2n(c1=S)CCCC2. The molecule has 0 saturated carbocycles. The molecule has 0 N–H and O–H groups in total. The van der Waals surface area contributed by atoms with Gasteiger partial charge in [-0.15, -0.1) is 0 Å². The summed E-state index contributed by atoms with van der Waals surface area (Å²) in [6.07, 6.45) is 2.43. The summed E-state index contributed by atoms with van der Waals surface area (Å²) in [4.78, 5) is 0. The molecule has 1 aliphatic heterocycles. The average molecular weight is 231 g/mol. The molecular formula is C9H17N3S2. The Morgan fingerprint density at radius 2 is 1.29 bits per heavy atom. The number of rotatable bonds is 0.